The molecule has 1 saturated carbocycles. The molecule has 19 heavy (non-hydrogen) atoms. The molecular weight excluding hydrogens is 335 g/mol. The molecule has 1 aromatic carbocycles. The molecule has 0 aliphatic heterocycles. The standard InChI is InChI=1S/C13H16BrFN2O.ClH/c14-11-5-4-10(7-12(11)15)17-13(18)8-2-1-3-9(16)6-8;/h4-5,7-9H,1-3,6,16H2,(H,17,18);1H. The van der Waals surface area contributed by atoms with Crippen LogP contribution in [0.4, 0.5) is 10.1 Å². The number of carbonyl (C=O) groups excluding carboxylic acids is 1. The number of halogens is 3. The van der Waals surface area contributed by atoms with Crippen molar-refractivity contribution >= 4 is 39.9 Å². The Morgan fingerprint density at radius 2 is 2.16 bits per heavy atom. The fraction of sp³-hybridized carbons (Fsp3) is 0.462. The summed E-state index contributed by atoms with van der Waals surface area (Å²) < 4.78 is 13.7. The molecule has 1 fully saturated rings. The molecule has 0 heterocycles. The Bertz CT molecular complexity index is 458. The first-order chi connectivity index (χ1) is 8.56. The van der Waals surface area contributed by atoms with Crippen LogP contribution in [-0.4, -0.2) is 11.9 Å². The Morgan fingerprint density at radius 3 is 2.79 bits per heavy atom. The SMILES string of the molecule is Cl.NC1CCCC(C(=O)Nc2ccc(Br)c(F)c2)C1. The zero-order chi connectivity index (χ0) is 13.1. The minimum atomic E-state index is -0.381. The van der Waals surface area contributed by atoms with Crippen LogP contribution in [-0.2, 0) is 4.79 Å². The van der Waals surface area contributed by atoms with E-state index in [0.29, 0.717) is 16.6 Å². The lowest BCUT2D eigenvalue weighted by atomic mass is 9.85. The molecular formula is C13H17BrClFN2O. The molecule has 0 spiro atoms. The molecule has 106 valence electrons. The van der Waals surface area contributed by atoms with Gasteiger partial charge in [0, 0.05) is 17.6 Å². The van der Waals surface area contributed by atoms with Crippen LogP contribution in [0.25, 0.3) is 0 Å². The average molecular weight is 352 g/mol. The number of nitrogens with two attached hydrogens (primary N) is 1. The molecule has 0 radical (unpaired) electrons. The van der Waals surface area contributed by atoms with Crippen molar-refractivity contribution in [2.45, 2.75) is 31.7 Å². The molecule has 3 N–H and O–H groups in total. The van der Waals surface area contributed by atoms with Crippen LogP contribution < -0.4 is 11.1 Å². The second-order valence-electron chi connectivity index (χ2n) is 4.74. The van der Waals surface area contributed by atoms with Crippen LogP contribution in [0.3, 0.4) is 0 Å². The lowest BCUT2D eigenvalue weighted by molar-refractivity contribution is -0.120. The van der Waals surface area contributed by atoms with E-state index in [1.807, 2.05) is 0 Å². The van der Waals surface area contributed by atoms with Gasteiger partial charge in [-0.25, -0.2) is 4.39 Å². The van der Waals surface area contributed by atoms with Gasteiger partial charge in [-0.05, 0) is 53.4 Å². The van der Waals surface area contributed by atoms with Crippen LogP contribution in [0.15, 0.2) is 22.7 Å². The summed E-state index contributed by atoms with van der Waals surface area (Å²) in [6.45, 7) is 0. The molecule has 0 bridgehead atoms. The maximum absolute atomic E-state index is 13.3. The molecule has 3 nitrogen and oxygen atoms in total. The molecule has 1 aliphatic rings. The third kappa shape index (κ3) is 4.44. The number of benzene rings is 1. The highest BCUT2D eigenvalue weighted by Gasteiger charge is 2.25. The normalized spacial score (nSPS) is 22.5. The molecule has 0 saturated heterocycles. The summed E-state index contributed by atoms with van der Waals surface area (Å²) >= 11 is 3.08. The number of hydrogen-bond acceptors (Lipinski definition) is 2. The van der Waals surface area contributed by atoms with Gasteiger partial charge in [0.15, 0.2) is 0 Å². The quantitative estimate of drug-likeness (QED) is 0.857. The van der Waals surface area contributed by atoms with E-state index in [0.717, 1.165) is 19.3 Å². The van der Waals surface area contributed by atoms with Gasteiger partial charge in [-0.15, -0.1) is 12.4 Å². The second-order valence-corrected chi connectivity index (χ2v) is 5.60. The van der Waals surface area contributed by atoms with Crippen molar-refractivity contribution in [1.29, 1.82) is 0 Å². The number of amides is 1. The van der Waals surface area contributed by atoms with Crippen molar-refractivity contribution in [1.82, 2.24) is 0 Å². The van der Waals surface area contributed by atoms with Crippen LogP contribution >= 0.6 is 28.3 Å². The summed E-state index contributed by atoms with van der Waals surface area (Å²) in [5.74, 6) is -0.500. The van der Waals surface area contributed by atoms with Crippen LogP contribution in [0, 0.1) is 11.7 Å². The van der Waals surface area contributed by atoms with E-state index < -0.39 is 0 Å². The van der Waals surface area contributed by atoms with Gasteiger partial charge >= 0.3 is 0 Å². The molecule has 2 rings (SSSR count). The number of carbonyl (C=O) groups is 1. The minimum Gasteiger partial charge on any atom is -0.328 e. The predicted molar refractivity (Wildman–Crippen MR) is 79.9 cm³/mol. The summed E-state index contributed by atoms with van der Waals surface area (Å²) in [7, 11) is 0. The molecule has 1 aromatic rings. The maximum atomic E-state index is 13.3. The lowest BCUT2D eigenvalue weighted by Gasteiger charge is -2.25. The monoisotopic (exact) mass is 350 g/mol. The largest absolute Gasteiger partial charge is 0.328 e. The van der Waals surface area contributed by atoms with Crippen molar-refractivity contribution in [3.63, 3.8) is 0 Å². The first-order valence-corrected chi connectivity index (χ1v) is 6.87. The Labute approximate surface area is 126 Å². The summed E-state index contributed by atoms with van der Waals surface area (Å²) in [5.41, 5.74) is 6.34. The smallest absolute Gasteiger partial charge is 0.227 e. The molecule has 1 amide bonds. The van der Waals surface area contributed by atoms with E-state index in [1.165, 1.54) is 6.07 Å². The summed E-state index contributed by atoms with van der Waals surface area (Å²) in [5, 5.41) is 2.74. The van der Waals surface area contributed by atoms with Crippen LogP contribution in [0.1, 0.15) is 25.7 Å². The van der Waals surface area contributed by atoms with E-state index in [2.05, 4.69) is 21.2 Å². The number of nitrogens with one attached hydrogen (secondary N) is 1. The van der Waals surface area contributed by atoms with E-state index >= 15 is 0 Å². The van der Waals surface area contributed by atoms with Gasteiger partial charge in [0.25, 0.3) is 0 Å². The number of hydrogen-bond donors (Lipinski definition) is 2. The van der Waals surface area contributed by atoms with Gasteiger partial charge < -0.3 is 11.1 Å². The van der Waals surface area contributed by atoms with Gasteiger partial charge in [0.1, 0.15) is 5.82 Å². The van der Waals surface area contributed by atoms with E-state index in [-0.39, 0.29) is 36.1 Å². The zero-order valence-electron chi connectivity index (χ0n) is 10.4. The van der Waals surface area contributed by atoms with Gasteiger partial charge in [0.05, 0.1) is 4.47 Å². The lowest BCUT2D eigenvalue weighted by Crippen LogP contribution is -2.34. The van der Waals surface area contributed by atoms with Gasteiger partial charge in [-0.3, -0.25) is 4.79 Å². The Kier molecular flexibility index (Phi) is 6.23. The fourth-order valence-electron chi connectivity index (χ4n) is 2.28. The summed E-state index contributed by atoms with van der Waals surface area (Å²) in [6.07, 6.45) is 3.54. The zero-order valence-corrected chi connectivity index (χ0v) is 12.8. The van der Waals surface area contributed by atoms with E-state index in [1.54, 1.807) is 12.1 Å². The highest BCUT2D eigenvalue weighted by atomic mass is 79.9. The third-order valence-corrected chi connectivity index (χ3v) is 3.92. The maximum Gasteiger partial charge on any atom is 0.227 e. The van der Waals surface area contributed by atoms with Crippen LogP contribution in [0.5, 0.6) is 0 Å². The molecule has 1 aliphatic carbocycles. The minimum absolute atomic E-state index is 0. The van der Waals surface area contributed by atoms with Crippen molar-refractivity contribution in [3.8, 4) is 0 Å². The van der Waals surface area contributed by atoms with Crippen molar-refractivity contribution in [2.24, 2.45) is 11.7 Å². The van der Waals surface area contributed by atoms with Gasteiger partial charge in [0.2, 0.25) is 5.91 Å². The van der Waals surface area contributed by atoms with Gasteiger partial charge in [-0.2, -0.15) is 0 Å². The Hall–Kier alpha value is -0.650. The predicted octanol–water partition coefficient (Wildman–Crippen LogP) is 3.47. The molecule has 2 atom stereocenters. The van der Waals surface area contributed by atoms with E-state index in [4.69, 9.17) is 5.73 Å². The topological polar surface area (TPSA) is 55.1 Å². The first kappa shape index (κ1) is 16.4. The third-order valence-electron chi connectivity index (χ3n) is 3.27. The molecule has 2 unspecified atom stereocenters. The first-order valence-electron chi connectivity index (χ1n) is 6.08. The molecule has 6 heteroatoms. The molecule has 0 aromatic heterocycles. The van der Waals surface area contributed by atoms with Crippen molar-refractivity contribution in [3.05, 3.63) is 28.5 Å². The van der Waals surface area contributed by atoms with Crippen molar-refractivity contribution < 1.29 is 9.18 Å². The van der Waals surface area contributed by atoms with Crippen LogP contribution in [0.2, 0.25) is 0 Å². The second kappa shape index (κ2) is 7.22. The van der Waals surface area contributed by atoms with E-state index in [9.17, 15) is 9.18 Å². The highest BCUT2D eigenvalue weighted by molar-refractivity contribution is 9.10. The number of anilines is 1. The highest BCUT2D eigenvalue weighted by Crippen LogP contribution is 2.25. The summed E-state index contributed by atoms with van der Waals surface area (Å²) in [6, 6.07) is 4.67. The fourth-order valence-corrected chi connectivity index (χ4v) is 2.53. The average Bonchev–Trinajstić information content (AvgIpc) is 2.34. The van der Waals surface area contributed by atoms with Crippen molar-refractivity contribution in [2.75, 3.05) is 5.32 Å². The Morgan fingerprint density at radius 1 is 1.42 bits per heavy atom. The van der Waals surface area contributed by atoms with Gasteiger partial charge in [-0.1, -0.05) is 6.42 Å². The Balaban J connectivity index is 0.00000180. The number of rotatable bonds is 2. The summed E-state index contributed by atoms with van der Waals surface area (Å²) in [4.78, 5) is 12.0.